The molecule has 0 N–H and O–H groups in total. The van der Waals surface area contributed by atoms with Gasteiger partial charge in [-0.2, -0.15) is 0 Å². The first-order valence-corrected chi connectivity index (χ1v) is 9.34. The Bertz CT molecular complexity index is 520. The highest BCUT2D eigenvalue weighted by Crippen LogP contribution is 2.26. The van der Waals surface area contributed by atoms with Crippen LogP contribution in [0.5, 0.6) is 0 Å². The van der Waals surface area contributed by atoms with E-state index in [0.29, 0.717) is 0 Å². The van der Waals surface area contributed by atoms with Gasteiger partial charge in [0.15, 0.2) is 0 Å². The normalized spacial score (nSPS) is 9.65. The van der Waals surface area contributed by atoms with Crippen molar-refractivity contribution in [2.24, 2.45) is 0 Å². The lowest BCUT2D eigenvalue weighted by Crippen LogP contribution is -1.84. The van der Waals surface area contributed by atoms with Crippen molar-refractivity contribution in [2.45, 2.75) is 23.6 Å². The topological polar surface area (TPSA) is 9.23 Å². The molecule has 0 atom stereocenters. The number of benzene rings is 2. The van der Waals surface area contributed by atoms with Crippen LogP contribution < -0.4 is 0 Å². The Labute approximate surface area is 148 Å². The van der Waals surface area contributed by atoms with E-state index >= 15 is 0 Å². The highest BCUT2D eigenvalue weighted by atomic mass is 32.2. The van der Waals surface area contributed by atoms with Crippen LogP contribution in [0.25, 0.3) is 11.1 Å². The molecule has 0 bridgehead atoms. The van der Waals surface area contributed by atoms with Gasteiger partial charge in [0.05, 0.1) is 0 Å². The first kappa shape index (κ1) is 19.6. The minimum absolute atomic E-state index is 0.844. The van der Waals surface area contributed by atoms with Crippen molar-refractivity contribution in [1.29, 1.82) is 0 Å². The smallest absolute Gasteiger partial charge is 0.0437 e. The molecule has 2 aromatic carbocycles. The van der Waals surface area contributed by atoms with Gasteiger partial charge in [0.25, 0.3) is 0 Å². The lowest BCUT2D eigenvalue weighted by Gasteiger charge is -2.04. The summed E-state index contributed by atoms with van der Waals surface area (Å²) in [5.74, 6) is 0. The van der Waals surface area contributed by atoms with Crippen LogP contribution in [0.3, 0.4) is 0 Å². The lowest BCUT2D eigenvalue weighted by molar-refractivity contribution is 0.162. The van der Waals surface area contributed by atoms with Crippen molar-refractivity contribution in [1.82, 2.24) is 0 Å². The molecule has 0 saturated heterocycles. The van der Waals surface area contributed by atoms with Gasteiger partial charge in [-0.05, 0) is 60.1 Å². The average Bonchev–Trinajstić information content (AvgIpc) is 2.58. The van der Waals surface area contributed by atoms with Gasteiger partial charge in [-0.3, -0.25) is 0 Å². The molecule has 2 aromatic rings. The highest BCUT2D eigenvalue weighted by Gasteiger charge is 1.98. The molecule has 122 valence electrons. The molecule has 0 amide bonds. The third-order valence-electron chi connectivity index (χ3n) is 2.89. The standard InChI is InChI=1S/C16H14S2.C4H10O/c1-3-17-15-9-5-13(6-10-15)14-7-11-16(12-8-14)18-4-2;1-3-5-4-2/h3-12H,1-2H2;3-4H2,1-2H3. The molecule has 3 heteroatoms. The van der Waals surface area contributed by atoms with Gasteiger partial charge in [0.1, 0.15) is 0 Å². The molecule has 0 unspecified atom stereocenters. The summed E-state index contributed by atoms with van der Waals surface area (Å²) in [5.41, 5.74) is 2.47. The average molecular weight is 345 g/mol. The summed E-state index contributed by atoms with van der Waals surface area (Å²) in [5, 5.41) is 3.69. The summed E-state index contributed by atoms with van der Waals surface area (Å²) in [6.45, 7) is 13.1. The lowest BCUT2D eigenvalue weighted by atomic mass is 10.1. The second kappa shape index (κ2) is 12.1. The van der Waals surface area contributed by atoms with Crippen LogP contribution in [0.1, 0.15) is 13.8 Å². The zero-order valence-corrected chi connectivity index (χ0v) is 15.5. The van der Waals surface area contributed by atoms with Crippen molar-refractivity contribution in [2.75, 3.05) is 13.2 Å². The van der Waals surface area contributed by atoms with Crippen LogP contribution >= 0.6 is 23.5 Å². The molecule has 0 aliphatic rings. The molecule has 23 heavy (non-hydrogen) atoms. The molecule has 0 fully saturated rings. The van der Waals surface area contributed by atoms with Gasteiger partial charge in [-0.15, -0.1) is 0 Å². The van der Waals surface area contributed by atoms with Crippen molar-refractivity contribution < 1.29 is 4.74 Å². The van der Waals surface area contributed by atoms with E-state index < -0.39 is 0 Å². The van der Waals surface area contributed by atoms with Gasteiger partial charge < -0.3 is 4.74 Å². The van der Waals surface area contributed by atoms with Gasteiger partial charge >= 0.3 is 0 Å². The maximum atomic E-state index is 4.83. The SMILES string of the molecule is C=CSc1ccc(-c2ccc(SC=C)cc2)cc1.CCOCC. The first-order chi connectivity index (χ1) is 11.2. The van der Waals surface area contributed by atoms with Crippen molar-refractivity contribution in [3.05, 3.63) is 72.5 Å². The molecular weight excluding hydrogens is 320 g/mol. The van der Waals surface area contributed by atoms with E-state index in [0.717, 1.165) is 13.2 Å². The predicted molar refractivity (Wildman–Crippen MR) is 106 cm³/mol. The molecule has 0 aliphatic carbocycles. The summed E-state index contributed by atoms with van der Waals surface area (Å²) < 4.78 is 4.83. The monoisotopic (exact) mass is 344 g/mol. The Kier molecular flexibility index (Phi) is 10.3. The fourth-order valence-corrected chi connectivity index (χ4v) is 2.82. The fourth-order valence-electron chi connectivity index (χ4n) is 1.85. The molecule has 0 heterocycles. The maximum absolute atomic E-state index is 4.83. The maximum Gasteiger partial charge on any atom is 0.0437 e. The fraction of sp³-hybridized carbons (Fsp3) is 0.200. The van der Waals surface area contributed by atoms with E-state index in [1.807, 2.05) is 24.7 Å². The molecular formula is C20H24OS2. The number of hydrogen-bond donors (Lipinski definition) is 0. The first-order valence-electron chi connectivity index (χ1n) is 7.58. The minimum atomic E-state index is 0.844. The second-order valence-corrected chi connectivity index (χ2v) is 6.48. The largest absolute Gasteiger partial charge is 0.382 e. The molecule has 0 saturated carbocycles. The Hall–Kier alpha value is -1.42. The van der Waals surface area contributed by atoms with E-state index in [4.69, 9.17) is 4.74 Å². The Balaban J connectivity index is 0.000000463. The van der Waals surface area contributed by atoms with Crippen LogP contribution in [0.4, 0.5) is 0 Å². The quantitative estimate of drug-likeness (QED) is 0.507. The van der Waals surface area contributed by atoms with Gasteiger partial charge in [0.2, 0.25) is 0 Å². The third-order valence-corrected chi connectivity index (χ3v) is 4.31. The number of hydrogen-bond acceptors (Lipinski definition) is 3. The number of thioether (sulfide) groups is 2. The number of ether oxygens (including phenoxy) is 1. The van der Waals surface area contributed by atoms with E-state index in [2.05, 4.69) is 61.7 Å². The highest BCUT2D eigenvalue weighted by molar-refractivity contribution is 8.02. The van der Waals surface area contributed by atoms with E-state index in [9.17, 15) is 0 Å². The third kappa shape index (κ3) is 7.60. The van der Waals surface area contributed by atoms with Crippen molar-refractivity contribution in [3.63, 3.8) is 0 Å². The number of rotatable bonds is 7. The van der Waals surface area contributed by atoms with Gasteiger partial charge in [-0.1, -0.05) is 60.9 Å². The van der Waals surface area contributed by atoms with E-state index in [1.54, 1.807) is 23.5 Å². The Morgan fingerprint density at radius 3 is 1.30 bits per heavy atom. The summed E-state index contributed by atoms with van der Waals surface area (Å²) in [6, 6.07) is 17.0. The molecule has 0 spiro atoms. The van der Waals surface area contributed by atoms with Crippen LogP contribution in [-0.2, 0) is 4.74 Å². The van der Waals surface area contributed by atoms with E-state index in [1.165, 1.54) is 20.9 Å². The summed E-state index contributed by atoms with van der Waals surface area (Å²) in [7, 11) is 0. The molecule has 1 nitrogen and oxygen atoms in total. The summed E-state index contributed by atoms with van der Waals surface area (Å²) in [6.07, 6.45) is 0. The zero-order valence-electron chi connectivity index (χ0n) is 13.8. The second-order valence-electron chi connectivity index (χ2n) is 4.40. The van der Waals surface area contributed by atoms with Crippen LogP contribution in [-0.4, -0.2) is 13.2 Å². The molecule has 0 aliphatic heterocycles. The molecule has 2 rings (SSSR count). The minimum Gasteiger partial charge on any atom is -0.382 e. The summed E-state index contributed by atoms with van der Waals surface area (Å²) >= 11 is 3.28. The van der Waals surface area contributed by atoms with Crippen LogP contribution in [0.15, 0.2) is 82.3 Å². The Morgan fingerprint density at radius 2 is 1.09 bits per heavy atom. The van der Waals surface area contributed by atoms with Crippen LogP contribution in [0, 0.1) is 0 Å². The van der Waals surface area contributed by atoms with Gasteiger partial charge in [-0.25, -0.2) is 0 Å². The van der Waals surface area contributed by atoms with Gasteiger partial charge in [0, 0.05) is 23.0 Å². The van der Waals surface area contributed by atoms with Crippen molar-refractivity contribution >= 4 is 23.5 Å². The predicted octanol–water partition coefficient (Wildman–Crippen LogP) is 6.87. The van der Waals surface area contributed by atoms with Crippen molar-refractivity contribution in [3.8, 4) is 11.1 Å². The molecule has 0 aromatic heterocycles. The zero-order chi connectivity index (χ0) is 16.9. The summed E-state index contributed by atoms with van der Waals surface area (Å²) in [4.78, 5) is 2.43. The molecule has 0 radical (unpaired) electrons. The van der Waals surface area contributed by atoms with E-state index in [-0.39, 0.29) is 0 Å². The Morgan fingerprint density at radius 1 is 0.739 bits per heavy atom. The van der Waals surface area contributed by atoms with Crippen LogP contribution in [0.2, 0.25) is 0 Å².